The molecule has 0 amide bonds. The van der Waals surface area contributed by atoms with E-state index >= 15 is 0 Å². The van der Waals surface area contributed by atoms with Crippen LogP contribution in [-0.2, 0) is 10.8 Å². The van der Waals surface area contributed by atoms with E-state index in [1.807, 2.05) is 0 Å². The van der Waals surface area contributed by atoms with E-state index in [9.17, 15) is 10.2 Å². The predicted octanol–water partition coefficient (Wildman–Crippen LogP) is 6.52. The Hall–Kier alpha value is -1.78. The molecule has 8 fully saturated rings. The summed E-state index contributed by atoms with van der Waals surface area (Å²) in [5, 5.41) is 22.2. The summed E-state index contributed by atoms with van der Waals surface area (Å²) in [7, 11) is 0. The van der Waals surface area contributed by atoms with Gasteiger partial charge in [-0.2, -0.15) is 0 Å². The molecule has 4 heteroatoms. The van der Waals surface area contributed by atoms with Gasteiger partial charge in [0, 0.05) is 16.4 Å². The molecule has 0 heterocycles. The summed E-state index contributed by atoms with van der Waals surface area (Å²) in [4.78, 5) is 0. The minimum atomic E-state index is 0.0304. The normalized spacial score (nSPS) is 40.3. The number of ether oxygens (including phenoxy) is 2. The van der Waals surface area contributed by atoms with E-state index in [2.05, 4.69) is 24.3 Å². The maximum Gasteiger partial charge on any atom is 0.127 e. The molecule has 0 atom stereocenters. The smallest absolute Gasteiger partial charge is 0.127 e. The number of rotatable bonds is 8. The lowest BCUT2D eigenvalue weighted by Gasteiger charge is -2.58. The van der Waals surface area contributed by atoms with Crippen LogP contribution in [0.3, 0.4) is 0 Å². The molecule has 8 aliphatic carbocycles. The van der Waals surface area contributed by atoms with Crippen molar-refractivity contribution in [2.75, 3.05) is 26.4 Å². The van der Waals surface area contributed by atoms with Gasteiger partial charge in [-0.3, -0.25) is 0 Å². The van der Waals surface area contributed by atoms with E-state index in [0.717, 1.165) is 47.0 Å². The summed E-state index contributed by atoms with van der Waals surface area (Å²) in [5.41, 5.74) is 3.24. The fourth-order valence-corrected chi connectivity index (χ4v) is 11.8. The maximum atomic E-state index is 9.84. The Kier molecular flexibility index (Phi) is 5.61. The molecule has 2 N–H and O–H groups in total. The van der Waals surface area contributed by atoms with Crippen LogP contribution in [0, 0.1) is 35.5 Å². The number of aliphatic hydroxyl groups excluding tert-OH is 2. The second kappa shape index (κ2) is 8.86. The second-order valence-corrected chi connectivity index (χ2v) is 14.5. The number of aliphatic hydroxyl groups is 2. The van der Waals surface area contributed by atoms with Crippen LogP contribution < -0.4 is 9.47 Å². The highest BCUT2D eigenvalue weighted by molar-refractivity contribution is 5.97. The summed E-state index contributed by atoms with van der Waals surface area (Å²) in [5.74, 6) is 7.10. The molecule has 0 saturated heterocycles. The van der Waals surface area contributed by atoms with Gasteiger partial charge in [0.2, 0.25) is 0 Å². The second-order valence-electron chi connectivity index (χ2n) is 14.5. The van der Waals surface area contributed by atoms with E-state index in [1.165, 1.54) is 98.9 Å². The molecular weight excluding hydrogens is 472 g/mol. The van der Waals surface area contributed by atoms with Crippen molar-refractivity contribution in [2.24, 2.45) is 35.5 Å². The largest absolute Gasteiger partial charge is 0.491 e. The third-order valence-corrected chi connectivity index (χ3v) is 12.0. The molecule has 0 unspecified atom stereocenters. The molecular formula is C34H44O4. The molecule has 4 nitrogen and oxygen atoms in total. The van der Waals surface area contributed by atoms with Crippen LogP contribution in [0.5, 0.6) is 11.5 Å². The van der Waals surface area contributed by atoms with Crippen LogP contribution in [-0.4, -0.2) is 36.6 Å². The Morgan fingerprint density at radius 3 is 1.61 bits per heavy atom. The molecule has 0 aromatic heterocycles. The van der Waals surface area contributed by atoms with Gasteiger partial charge in [0.25, 0.3) is 0 Å². The van der Waals surface area contributed by atoms with Gasteiger partial charge < -0.3 is 19.7 Å². The lowest BCUT2D eigenvalue weighted by molar-refractivity contribution is -0.00708. The lowest BCUT2D eigenvalue weighted by atomic mass is 9.46. The average molecular weight is 517 g/mol. The maximum absolute atomic E-state index is 9.84. The highest BCUT2D eigenvalue weighted by Gasteiger charge is 2.55. The van der Waals surface area contributed by atoms with Crippen LogP contribution in [0.1, 0.15) is 88.2 Å². The third-order valence-electron chi connectivity index (χ3n) is 12.0. The Balaban J connectivity index is 1.37. The van der Waals surface area contributed by atoms with Crippen LogP contribution in [0.4, 0.5) is 0 Å². The van der Waals surface area contributed by atoms with E-state index in [4.69, 9.17) is 9.47 Å². The summed E-state index contributed by atoms with van der Waals surface area (Å²) in [6, 6.07) is 9.10. The van der Waals surface area contributed by atoms with Gasteiger partial charge in [0.05, 0.1) is 13.2 Å². The van der Waals surface area contributed by atoms with Crippen molar-refractivity contribution < 1.29 is 19.7 Å². The molecule has 8 bridgehead atoms. The summed E-state index contributed by atoms with van der Waals surface area (Å²) >= 11 is 0. The Labute approximate surface area is 227 Å². The molecule has 10 rings (SSSR count). The van der Waals surface area contributed by atoms with Crippen molar-refractivity contribution in [3.63, 3.8) is 0 Å². The molecule has 0 aliphatic heterocycles. The first-order valence-corrected chi connectivity index (χ1v) is 15.7. The number of benzene rings is 2. The minimum Gasteiger partial charge on any atom is -0.491 e. The first-order chi connectivity index (χ1) is 18.6. The quantitative estimate of drug-likeness (QED) is 0.420. The van der Waals surface area contributed by atoms with Gasteiger partial charge in [-0.05, 0) is 141 Å². The van der Waals surface area contributed by atoms with E-state index in [1.54, 1.807) is 0 Å². The number of fused-ring (bicyclic) bond motifs is 1. The zero-order valence-corrected chi connectivity index (χ0v) is 22.8. The van der Waals surface area contributed by atoms with Gasteiger partial charge in [0.15, 0.2) is 0 Å². The highest BCUT2D eigenvalue weighted by Crippen LogP contribution is 2.66. The predicted molar refractivity (Wildman–Crippen MR) is 149 cm³/mol. The fourth-order valence-electron chi connectivity index (χ4n) is 11.8. The number of hydrogen-bond acceptors (Lipinski definition) is 4. The van der Waals surface area contributed by atoms with Gasteiger partial charge in [-0.1, -0.05) is 12.1 Å². The Morgan fingerprint density at radius 2 is 1.11 bits per heavy atom. The van der Waals surface area contributed by atoms with Gasteiger partial charge >= 0.3 is 0 Å². The molecule has 8 saturated carbocycles. The Morgan fingerprint density at radius 1 is 0.632 bits per heavy atom. The van der Waals surface area contributed by atoms with Crippen molar-refractivity contribution in [2.45, 2.75) is 87.9 Å². The zero-order chi connectivity index (χ0) is 25.5. The van der Waals surface area contributed by atoms with E-state index in [-0.39, 0.29) is 24.0 Å². The molecule has 0 radical (unpaired) electrons. The summed E-state index contributed by atoms with van der Waals surface area (Å²) in [6.45, 7) is 0.758. The topological polar surface area (TPSA) is 58.9 Å². The monoisotopic (exact) mass is 516 g/mol. The van der Waals surface area contributed by atoms with Crippen LogP contribution in [0.15, 0.2) is 24.3 Å². The van der Waals surface area contributed by atoms with Crippen LogP contribution in [0.25, 0.3) is 10.8 Å². The molecule has 38 heavy (non-hydrogen) atoms. The zero-order valence-electron chi connectivity index (χ0n) is 22.8. The molecule has 0 spiro atoms. The molecule has 2 aromatic carbocycles. The fraction of sp³-hybridized carbons (Fsp3) is 0.706. The third kappa shape index (κ3) is 3.61. The highest BCUT2D eigenvalue weighted by atomic mass is 16.5. The van der Waals surface area contributed by atoms with Crippen molar-refractivity contribution in [1.82, 2.24) is 0 Å². The van der Waals surface area contributed by atoms with Crippen LogP contribution >= 0.6 is 0 Å². The summed E-state index contributed by atoms with van der Waals surface area (Å²) in [6.07, 6.45) is 16.2. The van der Waals surface area contributed by atoms with Gasteiger partial charge in [-0.15, -0.1) is 0 Å². The van der Waals surface area contributed by atoms with Gasteiger partial charge in [0.1, 0.15) is 24.7 Å². The van der Waals surface area contributed by atoms with Crippen molar-refractivity contribution in [3.8, 4) is 11.5 Å². The first-order valence-electron chi connectivity index (χ1n) is 15.7. The van der Waals surface area contributed by atoms with E-state index < -0.39 is 0 Å². The SMILES string of the molecule is OCCOc1cc(C23CC4CC(CC(C4)C2)C3)c2c(OCCO)cccc2c1C12CC3CC(CC(C3)C1)C2. The number of hydrogen-bond donors (Lipinski definition) is 2. The first kappa shape index (κ1) is 24.1. The van der Waals surface area contributed by atoms with Crippen LogP contribution in [0.2, 0.25) is 0 Å². The Bertz CT molecular complexity index is 1160. The average Bonchev–Trinajstić information content (AvgIpc) is 2.88. The van der Waals surface area contributed by atoms with Crippen molar-refractivity contribution >= 4 is 10.8 Å². The van der Waals surface area contributed by atoms with E-state index in [0.29, 0.717) is 13.2 Å². The van der Waals surface area contributed by atoms with Crippen molar-refractivity contribution in [3.05, 3.63) is 35.4 Å². The van der Waals surface area contributed by atoms with Crippen molar-refractivity contribution in [1.29, 1.82) is 0 Å². The summed E-state index contributed by atoms with van der Waals surface area (Å²) < 4.78 is 12.9. The molecule has 204 valence electrons. The molecule has 8 aliphatic rings. The minimum absolute atomic E-state index is 0.0304. The van der Waals surface area contributed by atoms with Gasteiger partial charge in [-0.25, -0.2) is 0 Å². The standard InChI is InChI=1S/C34H44O4/c35-4-6-37-29-3-1-2-27-31(29)28(33-15-21-8-22(16-33)10-23(9-21)17-33)14-30(38-7-5-36)32(27)34-18-24-11-25(19-34)13-26(12-24)20-34/h1-3,14,21-26,35-36H,4-13,15-20H2. The lowest BCUT2D eigenvalue weighted by Crippen LogP contribution is -2.49. The molecule has 2 aromatic rings.